The summed E-state index contributed by atoms with van der Waals surface area (Å²) in [5.74, 6) is 0.393. The molecule has 1 saturated heterocycles. The Balaban J connectivity index is 1.74. The van der Waals surface area contributed by atoms with E-state index in [4.69, 9.17) is 4.74 Å². The second kappa shape index (κ2) is 10.3. The number of hydrogen-bond acceptors (Lipinski definition) is 7. The van der Waals surface area contributed by atoms with Gasteiger partial charge in [-0.2, -0.15) is 4.31 Å². The third-order valence-electron chi connectivity index (χ3n) is 4.83. The molecule has 2 heterocycles. The van der Waals surface area contributed by atoms with Crippen LogP contribution in [0.4, 0.5) is 5.13 Å². The number of carbonyl (C=O) groups excluding carboxylic acids is 1. The minimum atomic E-state index is -3.66. The number of rotatable bonds is 8. The molecule has 1 aromatic carbocycles. The molecule has 2 aromatic rings. The van der Waals surface area contributed by atoms with Crippen LogP contribution in [0.5, 0.6) is 5.75 Å². The average molecular weight is 465 g/mol. The average Bonchev–Trinajstić information content (AvgIpc) is 3.18. The van der Waals surface area contributed by atoms with E-state index in [0.717, 1.165) is 30.7 Å². The lowest BCUT2D eigenvalue weighted by molar-refractivity contribution is -0.111. The van der Waals surface area contributed by atoms with Crippen molar-refractivity contribution in [3.63, 3.8) is 0 Å². The molecule has 3 rings (SSSR count). The van der Waals surface area contributed by atoms with E-state index in [1.165, 1.54) is 34.9 Å². The summed E-state index contributed by atoms with van der Waals surface area (Å²) in [5.41, 5.74) is 0.587. The van der Waals surface area contributed by atoms with Crippen LogP contribution in [0, 0.1) is 5.92 Å². The minimum Gasteiger partial charge on any atom is -0.495 e. The van der Waals surface area contributed by atoms with Gasteiger partial charge in [0, 0.05) is 25.6 Å². The second-order valence-electron chi connectivity index (χ2n) is 7.80. The van der Waals surface area contributed by atoms with Gasteiger partial charge in [0.2, 0.25) is 21.1 Å². The number of piperidine rings is 1. The standard InChI is InChI=1S/C21H28N4O4S2/c1-15(2)13-20-23-24-21(30-20)22-19(26)10-8-16-7-9-17(29-3)18(14-16)31(27,28)25-11-5-4-6-12-25/h7-10,14-15H,4-6,11-13H2,1-3H3,(H,22,24,26)/b10-8+. The van der Waals surface area contributed by atoms with Crippen LogP contribution in [0.25, 0.3) is 6.08 Å². The zero-order chi connectivity index (χ0) is 22.4. The van der Waals surface area contributed by atoms with E-state index in [2.05, 4.69) is 29.4 Å². The van der Waals surface area contributed by atoms with Crippen LogP contribution in [0.3, 0.4) is 0 Å². The Hall–Kier alpha value is -2.30. The molecule has 1 aromatic heterocycles. The summed E-state index contributed by atoms with van der Waals surface area (Å²) in [6.07, 6.45) is 6.47. The molecule has 0 aliphatic carbocycles. The van der Waals surface area contributed by atoms with Crippen LogP contribution >= 0.6 is 11.3 Å². The summed E-state index contributed by atoms with van der Waals surface area (Å²) >= 11 is 1.35. The number of aromatic nitrogens is 2. The van der Waals surface area contributed by atoms with Crippen LogP contribution in [0.15, 0.2) is 29.2 Å². The maximum atomic E-state index is 13.1. The molecule has 1 aliphatic heterocycles. The Morgan fingerprint density at radius 3 is 2.68 bits per heavy atom. The zero-order valence-corrected chi connectivity index (χ0v) is 19.6. The highest BCUT2D eigenvalue weighted by atomic mass is 32.2. The Morgan fingerprint density at radius 1 is 1.26 bits per heavy atom. The van der Waals surface area contributed by atoms with Crippen molar-refractivity contribution in [2.45, 2.75) is 44.4 Å². The Labute approximate surface area is 187 Å². The lowest BCUT2D eigenvalue weighted by atomic mass is 10.1. The molecule has 168 valence electrons. The molecule has 1 N–H and O–H groups in total. The number of ether oxygens (including phenoxy) is 1. The highest BCUT2D eigenvalue weighted by molar-refractivity contribution is 7.89. The number of sulfonamides is 1. The Bertz CT molecular complexity index is 1040. The fourth-order valence-corrected chi connectivity index (χ4v) is 5.96. The number of amides is 1. The van der Waals surface area contributed by atoms with E-state index in [9.17, 15) is 13.2 Å². The van der Waals surface area contributed by atoms with Gasteiger partial charge >= 0.3 is 0 Å². The quantitative estimate of drug-likeness (QED) is 0.599. The summed E-state index contributed by atoms with van der Waals surface area (Å²) < 4.78 is 33.0. The second-order valence-corrected chi connectivity index (χ2v) is 10.8. The van der Waals surface area contributed by atoms with Crippen molar-refractivity contribution < 1.29 is 17.9 Å². The molecule has 0 atom stereocenters. The predicted molar refractivity (Wildman–Crippen MR) is 122 cm³/mol. The van der Waals surface area contributed by atoms with Crippen molar-refractivity contribution in [3.8, 4) is 5.75 Å². The van der Waals surface area contributed by atoms with Gasteiger partial charge in [0.05, 0.1) is 7.11 Å². The van der Waals surface area contributed by atoms with Gasteiger partial charge in [-0.05, 0) is 42.5 Å². The molecule has 0 spiro atoms. The first kappa shape index (κ1) is 23.4. The first-order valence-corrected chi connectivity index (χ1v) is 12.5. The van der Waals surface area contributed by atoms with Crippen LogP contribution in [-0.4, -0.2) is 49.0 Å². The van der Waals surface area contributed by atoms with Gasteiger partial charge in [0.15, 0.2) is 0 Å². The molecule has 1 fully saturated rings. The number of benzene rings is 1. The largest absolute Gasteiger partial charge is 0.495 e. The molecule has 0 radical (unpaired) electrons. The maximum Gasteiger partial charge on any atom is 0.250 e. The van der Waals surface area contributed by atoms with Gasteiger partial charge in [0.1, 0.15) is 15.7 Å². The van der Waals surface area contributed by atoms with Crippen LogP contribution < -0.4 is 10.1 Å². The lowest BCUT2D eigenvalue weighted by Crippen LogP contribution is -2.35. The van der Waals surface area contributed by atoms with Crippen molar-refractivity contribution in [2.24, 2.45) is 5.92 Å². The fraction of sp³-hybridized carbons (Fsp3) is 0.476. The van der Waals surface area contributed by atoms with Crippen molar-refractivity contribution in [3.05, 3.63) is 34.8 Å². The first-order valence-electron chi connectivity index (χ1n) is 10.3. The number of nitrogens with one attached hydrogen (secondary N) is 1. The highest BCUT2D eigenvalue weighted by Gasteiger charge is 2.29. The van der Waals surface area contributed by atoms with E-state index >= 15 is 0 Å². The Morgan fingerprint density at radius 2 is 2.00 bits per heavy atom. The summed E-state index contributed by atoms with van der Waals surface area (Å²) in [7, 11) is -2.22. The smallest absolute Gasteiger partial charge is 0.250 e. The van der Waals surface area contributed by atoms with Gasteiger partial charge in [-0.1, -0.05) is 37.7 Å². The SMILES string of the molecule is COc1ccc(/C=C/C(=O)Nc2nnc(CC(C)C)s2)cc1S(=O)(=O)N1CCCCC1. The summed E-state index contributed by atoms with van der Waals surface area (Å²) in [6, 6.07) is 4.86. The number of nitrogens with zero attached hydrogens (tertiary/aromatic N) is 3. The van der Waals surface area contributed by atoms with Gasteiger partial charge in [-0.25, -0.2) is 8.42 Å². The monoisotopic (exact) mass is 464 g/mol. The normalized spacial score (nSPS) is 15.5. The van der Waals surface area contributed by atoms with E-state index in [0.29, 0.717) is 35.5 Å². The van der Waals surface area contributed by atoms with Gasteiger partial charge in [-0.15, -0.1) is 10.2 Å². The highest BCUT2D eigenvalue weighted by Crippen LogP contribution is 2.30. The molecule has 0 saturated carbocycles. The third kappa shape index (κ3) is 6.11. The summed E-state index contributed by atoms with van der Waals surface area (Å²) in [5, 5.41) is 12.1. The molecular weight excluding hydrogens is 436 g/mol. The molecule has 1 amide bonds. The zero-order valence-electron chi connectivity index (χ0n) is 18.0. The van der Waals surface area contributed by atoms with E-state index < -0.39 is 10.0 Å². The molecule has 10 heteroatoms. The molecule has 31 heavy (non-hydrogen) atoms. The molecule has 0 unspecified atom stereocenters. The minimum absolute atomic E-state index is 0.113. The third-order valence-corrected chi connectivity index (χ3v) is 7.61. The van der Waals surface area contributed by atoms with Gasteiger partial charge in [-0.3, -0.25) is 10.1 Å². The van der Waals surface area contributed by atoms with Crippen LogP contribution in [0.2, 0.25) is 0 Å². The van der Waals surface area contributed by atoms with Crippen molar-refractivity contribution in [1.82, 2.24) is 14.5 Å². The van der Waals surface area contributed by atoms with E-state index in [1.807, 2.05) is 0 Å². The van der Waals surface area contributed by atoms with Crippen molar-refractivity contribution in [1.29, 1.82) is 0 Å². The molecule has 0 bridgehead atoms. The van der Waals surface area contributed by atoms with Crippen molar-refractivity contribution in [2.75, 3.05) is 25.5 Å². The van der Waals surface area contributed by atoms with Crippen LogP contribution in [0.1, 0.15) is 43.7 Å². The molecular formula is C21H28N4O4S2. The van der Waals surface area contributed by atoms with E-state index in [-0.39, 0.29) is 10.8 Å². The number of hydrogen-bond donors (Lipinski definition) is 1. The topological polar surface area (TPSA) is 101 Å². The van der Waals surface area contributed by atoms with Gasteiger partial charge in [0.25, 0.3) is 0 Å². The van der Waals surface area contributed by atoms with E-state index in [1.54, 1.807) is 18.2 Å². The summed E-state index contributed by atoms with van der Waals surface area (Å²) in [4.78, 5) is 12.4. The number of carbonyl (C=O) groups is 1. The Kier molecular flexibility index (Phi) is 7.79. The first-order chi connectivity index (χ1) is 14.8. The predicted octanol–water partition coefficient (Wildman–Crippen LogP) is 3.57. The fourth-order valence-electron chi connectivity index (χ4n) is 3.30. The molecule has 8 nitrogen and oxygen atoms in total. The number of anilines is 1. The molecule has 1 aliphatic rings. The maximum absolute atomic E-state index is 13.1. The lowest BCUT2D eigenvalue weighted by Gasteiger charge is -2.26. The summed E-state index contributed by atoms with van der Waals surface area (Å²) in [6.45, 7) is 5.21. The number of methoxy groups -OCH3 is 1. The van der Waals surface area contributed by atoms with Crippen molar-refractivity contribution >= 4 is 38.5 Å². The van der Waals surface area contributed by atoms with Gasteiger partial charge < -0.3 is 4.74 Å². The van der Waals surface area contributed by atoms with Crippen LogP contribution in [-0.2, 0) is 21.2 Å².